The van der Waals surface area contributed by atoms with E-state index in [2.05, 4.69) is 21.2 Å². The molecule has 36 heavy (non-hydrogen) atoms. The van der Waals surface area contributed by atoms with E-state index < -0.39 is 11.8 Å². The summed E-state index contributed by atoms with van der Waals surface area (Å²) in [7, 11) is 0. The molecule has 3 aromatic carbocycles. The zero-order valence-corrected chi connectivity index (χ0v) is 20.8. The molecular weight excluding hydrogens is 480 g/mol. The molecule has 0 saturated carbocycles. The van der Waals surface area contributed by atoms with Crippen molar-refractivity contribution in [2.45, 2.75) is 20.3 Å². The lowest BCUT2D eigenvalue weighted by atomic mass is 10.1. The fourth-order valence-electron chi connectivity index (χ4n) is 3.17. The van der Waals surface area contributed by atoms with Crippen molar-refractivity contribution in [3.8, 4) is 5.75 Å². The Kier molecular flexibility index (Phi) is 9.59. The lowest BCUT2D eigenvalue weighted by Crippen LogP contribution is -2.38. The largest absolute Gasteiger partial charge is 0.483 e. The summed E-state index contributed by atoms with van der Waals surface area (Å²) in [5, 5.41) is 9.56. The number of aryl methyl sites for hydroxylation is 2. The van der Waals surface area contributed by atoms with E-state index in [-0.39, 0.29) is 12.5 Å². The van der Waals surface area contributed by atoms with Gasteiger partial charge in [0.2, 0.25) is 0 Å². The minimum atomic E-state index is -0.906. The number of amides is 3. The highest BCUT2D eigenvalue weighted by Crippen LogP contribution is 2.21. The van der Waals surface area contributed by atoms with Gasteiger partial charge in [-0.3, -0.25) is 14.4 Å². The molecule has 3 amide bonds. The van der Waals surface area contributed by atoms with Gasteiger partial charge in [0.15, 0.2) is 6.61 Å². The zero-order valence-electron chi connectivity index (χ0n) is 20.0. The summed E-state index contributed by atoms with van der Waals surface area (Å²) in [5.41, 5.74) is 6.52. The number of anilines is 1. The van der Waals surface area contributed by atoms with Gasteiger partial charge in [0, 0.05) is 22.8 Å². The summed E-state index contributed by atoms with van der Waals surface area (Å²) in [4.78, 5) is 36.3. The van der Waals surface area contributed by atoms with Gasteiger partial charge in [0.05, 0.1) is 6.21 Å². The molecule has 0 bridgehead atoms. The van der Waals surface area contributed by atoms with Crippen molar-refractivity contribution in [2.75, 3.05) is 18.5 Å². The maximum atomic E-state index is 12.3. The number of rotatable bonds is 9. The highest BCUT2D eigenvalue weighted by molar-refractivity contribution is 6.35. The SMILES string of the molecule is Cc1ccc(NC(=O)COc2ccc(Cl)cc2/C=N\NC(=O)C(=O)NCCc2ccccc2)cc1C. The lowest BCUT2D eigenvalue weighted by Gasteiger charge is -2.11. The molecule has 3 N–H and O–H groups in total. The highest BCUT2D eigenvalue weighted by Gasteiger charge is 2.12. The van der Waals surface area contributed by atoms with Crippen LogP contribution < -0.4 is 20.8 Å². The molecule has 9 heteroatoms. The Morgan fingerprint density at radius 2 is 1.72 bits per heavy atom. The van der Waals surface area contributed by atoms with Gasteiger partial charge >= 0.3 is 11.8 Å². The molecule has 8 nitrogen and oxygen atoms in total. The molecule has 0 saturated heterocycles. The van der Waals surface area contributed by atoms with E-state index in [1.54, 1.807) is 18.2 Å². The van der Waals surface area contributed by atoms with E-state index in [4.69, 9.17) is 16.3 Å². The van der Waals surface area contributed by atoms with Gasteiger partial charge in [-0.2, -0.15) is 5.10 Å². The van der Waals surface area contributed by atoms with Crippen LogP contribution in [0.4, 0.5) is 5.69 Å². The Bertz CT molecular complexity index is 1260. The second kappa shape index (κ2) is 13.1. The van der Waals surface area contributed by atoms with Crippen molar-refractivity contribution in [1.82, 2.24) is 10.7 Å². The Labute approximate surface area is 214 Å². The third-order valence-corrected chi connectivity index (χ3v) is 5.47. The smallest absolute Gasteiger partial charge is 0.329 e. The van der Waals surface area contributed by atoms with Gasteiger partial charge in [-0.05, 0) is 67.3 Å². The number of halogens is 1. The Balaban J connectivity index is 1.50. The van der Waals surface area contributed by atoms with Crippen LogP contribution in [0.15, 0.2) is 71.8 Å². The number of hydrazone groups is 1. The average molecular weight is 507 g/mol. The predicted octanol–water partition coefficient (Wildman–Crippen LogP) is 3.78. The van der Waals surface area contributed by atoms with Crippen LogP contribution in [0.2, 0.25) is 5.02 Å². The molecule has 0 heterocycles. The summed E-state index contributed by atoms with van der Waals surface area (Å²) in [6.45, 7) is 4.03. The fraction of sp³-hybridized carbons (Fsp3) is 0.185. The number of nitrogens with zero attached hydrogens (tertiary/aromatic N) is 1. The number of hydrogen-bond acceptors (Lipinski definition) is 5. The van der Waals surface area contributed by atoms with Gasteiger partial charge < -0.3 is 15.4 Å². The topological polar surface area (TPSA) is 109 Å². The first-order chi connectivity index (χ1) is 17.3. The van der Waals surface area contributed by atoms with Crippen molar-refractivity contribution in [2.24, 2.45) is 5.10 Å². The van der Waals surface area contributed by atoms with E-state index in [1.807, 2.05) is 62.4 Å². The zero-order chi connectivity index (χ0) is 25.9. The molecule has 0 fully saturated rings. The summed E-state index contributed by atoms with van der Waals surface area (Å²) in [6.07, 6.45) is 1.89. The van der Waals surface area contributed by atoms with Gasteiger partial charge in [-0.25, -0.2) is 5.43 Å². The molecule has 0 radical (unpaired) electrons. The lowest BCUT2D eigenvalue weighted by molar-refractivity contribution is -0.139. The Morgan fingerprint density at radius 3 is 2.47 bits per heavy atom. The first kappa shape index (κ1) is 26.4. The van der Waals surface area contributed by atoms with E-state index in [9.17, 15) is 14.4 Å². The third kappa shape index (κ3) is 8.25. The maximum absolute atomic E-state index is 12.3. The van der Waals surface area contributed by atoms with Gasteiger partial charge in [-0.1, -0.05) is 48.0 Å². The minimum Gasteiger partial charge on any atom is -0.483 e. The standard InChI is InChI=1S/C27H27ClN4O4/c1-18-8-10-23(14-19(18)2)31-25(33)17-36-24-11-9-22(28)15-21(24)16-30-32-27(35)26(34)29-13-12-20-6-4-3-5-7-20/h3-11,14-16H,12-13,17H2,1-2H3,(H,29,34)(H,31,33)(H,32,35)/b30-16-. The second-order valence-electron chi connectivity index (χ2n) is 8.01. The first-order valence-corrected chi connectivity index (χ1v) is 11.6. The van der Waals surface area contributed by atoms with Crippen molar-refractivity contribution in [1.29, 1.82) is 0 Å². The van der Waals surface area contributed by atoms with Crippen LogP contribution in [0.5, 0.6) is 5.75 Å². The molecule has 0 spiro atoms. The van der Waals surface area contributed by atoms with Crippen molar-refractivity contribution in [3.05, 3.63) is 94.0 Å². The van der Waals surface area contributed by atoms with Crippen molar-refractivity contribution in [3.63, 3.8) is 0 Å². The maximum Gasteiger partial charge on any atom is 0.329 e. The quantitative estimate of drug-likeness (QED) is 0.233. The molecule has 0 aliphatic rings. The van der Waals surface area contributed by atoms with Crippen LogP contribution in [-0.4, -0.2) is 37.1 Å². The molecule has 3 aromatic rings. The van der Waals surface area contributed by atoms with Crippen LogP contribution in [0.25, 0.3) is 0 Å². The van der Waals surface area contributed by atoms with Crippen molar-refractivity contribution >= 4 is 41.2 Å². The third-order valence-electron chi connectivity index (χ3n) is 5.24. The van der Waals surface area contributed by atoms with E-state index in [0.29, 0.717) is 35.0 Å². The van der Waals surface area contributed by atoms with Crippen LogP contribution in [0.3, 0.4) is 0 Å². The van der Waals surface area contributed by atoms with E-state index >= 15 is 0 Å². The van der Waals surface area contributed by atoms with Crippen LogP contribution in [0.1, 0.15) is 22.3 Å². The predicted molar refractivity (Wildman–Crippen MR) is 140 cm³/mol. The monoisotopic (exact) mass is 506 g/mol. The molecular formula is C27H27ClN4O4. The average Bonchev–Trinajstić information content (AvgIpc) is 2.86. The molecule has 0 unspecified atom stereocenters. The van der Waals surface area contributed by atoms with Crippen LogP contribution in [-0.2, 0) is 20.8 Å². The first-order valence-electron chi connectivity index (χ1n) is 11.3. The van der Waals surface area contributed by atoms with Crippen molar-refractivity contribution < 1.29 is 19.1 Å². The Morgan fingerprint density at radius 1 is 0.944 bits per heavy atom. The Hall–Kier alpha value is -4.17. The number of hydrogen-bond donors (Lipinski definition) is 3. The van der Waals surface area contributed by atoms with Gasteiger partial charge in [0.25, 0.3) is 5.91 Å². The number of ether oxygens (including phenoxy) is 1. The summed E-state index contributed by atoms with van der Waals surface area (Å²) < 4.78 is 5.63. The molecule has 186 valence electrons. The number of benzene rings is 3. The van der Waals surface area contributed by atoms with Crippen LogP contribution >= 0.6 is 11.6 Å². The summed E-state index contributed by atoms with van der Waals surface area (Å²) in [5.74, 6) is -1.71. The normalized spacial score (nSPS) is 10.6. The second-order valence-corrected chi connectivity index (χ2v) is 8.45. The van der Waals surface area contributed by atoms with Gasteiger partial charge in [0.1, 0.15) is 5.75 Å². The molecule has 0 aliphatic heterocycles. The molecule has 0 aliphatic carbocycles. The number of carbonyl (C=O) groups excluding carboxylic acids is 3. The summed E-state index contributed by atoms with van der Waals surface area (Å²) in [6, 6.07) is 20.0. The molecule has 3 rings (SSSR count). The minimum absolute atomic E-state index is 0.244. The summed E-state index contributed by atoms with van der Waals surface area (Å²) >= 11 is 6.07. The fourth-order valence-corrected chi connectivity index (χ4v) is 3.35. The van der Waals surface area contributed by atoms with E-state index in [0.717, 1.165) is 16.7 Å². The van der Waals surface area contributed by atoms with Gasteiger partial charge in [-0.15, -0.1) is 0 Å². The highest BCUT2D eigenvalue weighted by atomic mass is 35.5. The van der Waals surface area contributed by atoms with E-state index in [1.165, 1.54) is 6.21 Å². The molecule has 0 aromatic heterocycles. The van der Waals surface area contributed by atoms with Crippen LogP contribution in [0, 0.1) is 13.8 Å². The molecule has 0 atom stereocenters. The number of nitrogens with one attached hydrogen (secondary N) is 3. The number of carbonyl (C=O) groups is 3.